The van der Waals surface area contributed by atoms with E-state index in [1.54, 1.807) is 4.90 Å². The van der Waals surface area contributed by atoms with Crippen LogP contribution in [0.15, 0.2) is 47.4 Å². The number of nitrogens with two attached hydrogens (primary N) is 1. The van der Waals surface area contributed by atoms with Crippen molar-refractivity contribution in [1.29, 1.82) is 0 Å². The maximum atomic E-state index is 13.4. The van der Waals surface area contributed by atoms with Gasteiger partial charge in [0.2, 0.25) is 15.9 Å². The van der Waals surface area contributed by atoms with Crippen molar-refractivity contribution in [2.24, 2.45) is 11.1 Å². The number of benzene rings is 2. The Morgan fingerprint density at radius 1 is 1.15 bits per heavy atom. The van der Waals surface area contributed by atoms with Gasteiger partial charge < -0.3 is 15.0 Å². The molecule has 0 radical (unpaired) electrons. The lowest BCUT2D eigenvalue weighted by atomic mass is 9.83. The molecule has 2 heterocycles. The lowest BCUT2D eigenvalue weighted by molar-refractivity contribution is -0.141. The molecule has 3 N–H and O–H groups in total. The number of rotatable bonds is 5. The van der Waals surface area contributed by atoms with Crippen LogP contribution in [0.2, 0.25) is 5.02 Å². The third-order valence-electron chi connectivity index (χ3n) is 6.59. The van der Waals surface area contributed by atoms with Crippen LogP contribution < -0.4 is 10.5 Å². The van der Waals surface area contributed by atoms with Crippen LogP contribution in [0.3, 0.4) is 0 Å². The molecule has 0 aliphatic carbocycles. The summed E-state index contributed by atoms with van der Waals surface area (Å²) in [6.45, 7) is 5.22. The number of carbonyl (C=O) groups is 2. The third kappa shape index (κ3) is 4.84. The maximum Gasteiger partial charge on any atom is 0.251 e. The van der Waals surface area contributed by atoms with Gasteiger partial charge in [-0.25, -0.2) is 13.6 Å². The minimum absolute atomic E-state index is 0.122. The molecule has 2 amide bonds. The molecule has 8 nitrogen and oxygen atoms in total. The van der Waals surface area contributed by atoms with Crippen LogP contribution in [0.25, 0.3) is 0 Å². The first-order chi connectivity index (χ1) is 16.0. The van der Waals surface area contributed by atoms with Crippen LogP contribution in [-0.4, -0.2) is 44.3 Å². The Balaban J connectivity index is 1.45. The molecule has 0 aromatic heterocycles. The number of likely N-dealkylation sites (tertiary alicyclic amines) is 1. The van der Waals surface area contributed by atoms with E-state index in [1.807, 2.05) is 32.0 Å². The van der Waals surface area contributed by atoms with Crippen LogP contribution >= 0.6 is 11.6 Å². The van der Waals surface area contributed by atoms with Crippen molar-refractivity contribution < 1.29 is 22.7 Å². The second kappa shape index (κ2) is 9.30. The Morgan fingerprint density at radius 2 is 1.85 bits per heavy atom. The number of hydrogen-bond donors (Lipinski definition) is 2. The largest absolute Gasteiger partial charge is 0.365 e. The van der Waals surface area contributed by atoms with Crippen molar-refractivity contribution in [2.75, 3.05) is 13.1 Å². The molecule has 182 valence electrons. The Labute approximate surface area is 204 Å². The van der Waals surface area contributed by atoms with Gasteiger partial charge in [-0.1, -0.05) is 37.6 Å². The average molecular weight is 506 g/mol. The number of primary sulfonamides is 1. The molecule has 1 atom stereocenters. The zero-order valence-electron chi connectivity index (χ0n) is 19.1. The van der Waals surface area contributed by atoms with Crippen LogP contribution in [0.4, 0.5) is 0 Å². The SMILES string of the molecule is CC(C)[C@@H](NC(=O)c1cccc(S(N)(=O)=O)c1)C(=O)N1CCC2(CC1)OCc1cc(Cl)ccc12. The first kappa shape index (κ1) is 24.7. The number of ether oxygens (including phenoxy) is 1. The fraction of sp³-hybridized carbons (Fsp3) is 0.417. The minimum atomic E-state index is -3.95. The first-order valence-electron chi connectivity index (χ1n) is 11.2. The van der Waals surface area contributed by atoms with Gasteiger partial charge in [-0.15, -0.1) is 0 Å². The van der Waals surface area contributed by atoms with Gasteiger partial charge in [0.1, 0.15) is 6.04 Å². The highest BCUT2D eigenvalue weighted by atomic mass is 35.5. The van der Waals surface area contributed by atoms with E-state index >= 15 is 0 Å². The molecule has 4 rings (SSSR count). The molecule has 1 spiro atoms. The quantitative estimate of drug-likeness (QED) is 0.647. The number of sulfonamides is 1. The first-order valence-corrected chi connectivity index (χ1v) is 13.1. The van der Waals surface area contributed by atoms with E-state index < -0.39 is 27.6 Å². The third-order valence-corrected chi connectivity index (χ3v) is 7.74. The number of amides is 2. The fourth-order valence-corrected chi connectivity index (χ4v) is 5.43. The van der Waals surface area contributed by atoms with Crippen molar-refractivity contribution in [1.82, 2.24) is 10.2 Å². The number of piperidine rings is 1. The summed E-state index contributed by atoms with van der Waals surface area (Å²) in [6, 6.07) is 10.5. The van der Waals surface area contributed by atoms with E-state index in [9.17, 15) is 18.0 Å². The molecule has 1 saturated heterocycles. The summed E-state index contributed by atoms with van der Waals surface area (Å²) < 4.78 is 29.4. The van der Waals surface area contributed by atoms with Crippen LogP contribution in [0.1, 0.15) is 48.2 Å². The normalized spacial score (nSPS) is 18.1. The monoisotopic (exact) mass is 505 g/mol. The Bertz CT molecular complexity index is 1220. The summed E-state index contributed by atoms with van der Waals surface area (Å²) in [7, 11) is -3.95. The molecule has 1 fully saturated rings. The molecular weight excluding hydrogens is 478 g/mol. The highest BCUT2D eigenvalue weighted by Crippen LogP contribution is 2.44. The lowest BCUT2D eigenvalue weighted by Gasteiger charge is -2.40. The van der Waals surface area contributed by atoms with Crippen molar-refractivity contribution >= 4 is 33.4 Å². The molecule has 0 bridgehead atoms. The van der Waals surface area contributed by atoms with Gasteiger partial charge in [0.15, 0.2) is 0 Å². The van der Waals surface area contributed by atoms with Gasteiger partial charge in [0.05, 0.1) is 17.1 Å². The number of halogens is 1. The van der Waals surface area contributed by atoms with Gasteiger partial charge in [-0.3, -0.25) is 9.59 Å². The summed E-state index contributed by atoms with van der Waals surface area (Å²) in [6.07, 6.45) is 1.31. The zero-order valence-corrected chi connectivity index (χ0v) is 20.7. The van der Waals surface area contributed by atoms with E-state index in [2.05, 4.69) is 5.32 Å². The summed E-state index contributed by atoms with van der Waals surface area (Å²) >= 11 is 6.12. The van der Waals surface area contributed by atoms with Crippen molar-refractivity contribution in [2.45, 2.75) is 49.8 Å². The Hall–Kier alpha value is -2.46. The van der Waals surface area contributed by atoms with E-state index in [4.69, 9.17) is 21.5 Å². The molecule has 0 saturated carbocycles. The van der Waals surface area contributed by atoms with Crippen LogP contribution in [-0.2, 0) is 31.8 Å². The number of carbonyl (C=O) groups excluding carboxylic acids is 2. The molecule has 2 aromatic rings. The second-order valence-corrected chi connectivity index (χ2v) is 11.2. The van der Waals surface area contributed by atoms with Crippen molar-refractivity contribution in [3.63, 3.8) is 0 Å². The zero-order chi connectivity index (χ0) is 24.7. The molecule has 34 heavy (non-hydrogen) atoms. The summed E-state index contributed by atoms with van der Waals surface area (Å²) in [5, 5.41) is 8.63. The predicted molar refractivity (Wildman–Crippen MR) is 128 cm³/mol. The molecule has 2 aliphatic rings. The highest BCUT2D eigenvalue weighted by Gasteiger charge is 2.44. The molecular formula is C24H28ClN3O5S. The fourth-order valence-electron chi connectivity index (χ4n) is 4.67. The minimum Gasteiger partial charge on any atom is -0.365 e. The van der Waals surface area contributed by atoms with E-state index in [0.717, 1.165) is 11.1 Å². The molecule has 2 aromatic carbocycles. The van der Waals surface area contributed by atoms with Crippen LogP contribution in [0, 0.1) is 5.92 Å². The lowest BCUT2D eigenvalue weighted by Crippen LogP contribution is -2.54. The number of hydrogen-bond acceptors (Lipinski definition) is 5. The Kier molecular flexibility index (Phi) is 6.74. The van der Waals surface area contributed by atoms with Crippen molar-refractivity contribution in [3.05, 3.63) is 64.2 Å². The van der Waals surface area contributed by atoms with E-state index in [0.29, 0.717) is 37.6 Å². The standard InChI is InChI=1S/C24H28ClN3O5S/c1-15(2)21(27-22(29)16-4-3-5-19(13-16)34(26,31)32)23(30)28-10-8-24(9-11-28)20-7-6-18(25)12-17(20)14-33-24/h3-7,12-13,15,21H,8-11,14H2,1-2H3,(H,27,29)(H2,26,31,32)/t21-/m1/s1. The summed E-state index contributed by atoms with van der Waals surface area (Å²) in [5.41, 5.74) is 1.92. The van der Waals surface area contributed by atoms with Crippen LogP contribution in [0.5, 0.6) is 0 Å². The second-order valence-electron chi connectivity index (χ2n) is 9.18. The maximum absolute atomic E-state index is 13.4. The van der Waals surface area contributed by atoms with E-state index in [-0.39, 0.29) is 22.3 Å². The predicted octanol–water partition coefficient (Wildman–Crippen LogP) is 2.79. The molecule has 0 unspecified atom stereocenters. The molecule has 10 heteroatoms. The van der Waals surface area contributed by atoms with Gasteiger partial charge in [-0.05, 0) is 60.2 Å². The van der Waals surface area contributed by atoms with Gasteiger partial charge in [0.25, 0.3) is 5.91 Å². The summed E-state index contributed by atoms with van der Waals surface area (Å²) in [5.74, 6) is -0.870. The van der Waals surface area contributed by atoms with Gasteiger partial charge in [-0.2, -0.15) is 0 Å². The Morgan fingerprint density at radius 3 is 2.50 bits per heavy atom. The highest BCUT2D eigenvalue weighted by molar-refractivity contribution is 7.89. The number of fused-ring (bicyclic) bond motifs is 2. The number of nitrogens with zero attached hydrogens (tertiary/aromatic N) is 1. The summed E-state index contributed by atoms with van der Waals surface area (Å²) in [4.78, 5) is 27.8. The van der Waals surface area contributed by atoms with Crippen molar-refractivity contribution in [3.8, 4) is 0 Å². The topological polar surface area (TPSA) is 119 Å². The smallest absolute Gasteiger partial charge is 0.251 e. The van der Waals surface area contributed by atoms with Gasteiger partial charge in [0, 0.05) is 23.7 Å². The average Bonchev–Trinajstić information content (AvgIpc) is 3.13. The number of nitrogens with one attached hydrogen (secondary N) is 1. The van der Waals surface area contributed by atoms with E-state index in [1.165, 1.54) is 24.3 Å². The molecule has 2 aliphatic heterocycles. The van der Waals surface area contributed by atoms with Gasteiger partial charge >= 0.3 is 0 Å².